The molecule has 0 aromatic carbocycles. The highest BCUT2D eigenvalue weighted by Crippen LogP contribution is 2.27. The van der Waals surface area contributed by atoms with Gasteiger partial charge in [-0.1, -0.05) is 0 Å². The lowest BCUT2D eigenvalue weighted by atomic mass is 10.2. The van der Waals surface area contributed by atoms with E-state index in [1.165, 1.54) is 0 Å². The number of rotatable bonds is 4. The molecule has 7 heteroatoms. The van der Waals surface area contributed by atoms with Crippen molar-refractivity contribution in [3.8, 4) is 0 Å². The summed E-state index contributed by atoms with van der Waals surface area (Å²) < 4.78 is 28.3. The highest BCUT2D eigenvalue weighted by atomic mass is 32.2. The first-order valence-corrected chi connectivity index (χ1v) is 7.80. The Kier molecular flexibility index (Phi) is 2.91. The predicted octanol–water partition coefficient (Wildman–Crippen LogP) is -0.0486. The lowest BCUT2D eigenvalue weighted by Gasteiger charge is -2.31. The quantitative estimate of drug-likeness (QED) is 0.833. The lowest BCUT2D eigenvalue weighted by molar-refractivity contribution is 0.210. The molecule has 0 bridgehead atoms. The number of hydrogen-bond donors (Lipinski definition) is 1. The van der Waals surface area contributed by atoms with Crippen LogP contribution in [-0.4, -0.2) is 48.5 Å². The molecule has 100 valence electrons. The van der Waals surface area contributed by atoms with Gasteiger partial charge in [0, 0.05) is 25.8 Å². The van der Waals surface area contributed by atoms with Gasteiger partial charge in [-0.15, -0.1) is 0 Å². The monoisotopic (exact) mass is 270 g/mol. The molecule has 0 radical (unpaired) electrons. The average Bonchev–Trinajstić information content (AvgIpc) is 3.07. The molecule has 18 heavy (non-hydrogen) atoms. The van der Waals surface area contributed by atoms with E-state index in [2.05, 4.69) is 14.7 Å². The summed E-state index contributed by atoms with van der Waals surface area (Å²) in [7, 11) is -1.06. The van der Waals surface area contributed by atoms with E-state index >= 15 is 0 Å². The number of likely N-dealkylation sites (N-methyl/N-ethyl adjacent to an activating group) is 1. The second-order valence-corrected chi connectivity index (χ2v) is 7.26. The first-order valence-electron chi connectivity index (χ1n) is 6.25. The van der Waals surface area contributed by atoms with Gasteiger partial charge in [0.05, 0.1) is 17.0 Å². The minimum Gasteiger partial charge on any atom is -0.298 e. The maximum Gasteiger partial charge on any atom is 0.214 e. The first-order chi connectivity index (χ1) is 8.56. The van der Waals surface area contributed by atoms with Crippen molar-refractivity contribution >= 4 is 10.0 Å². The van der Waals surface area contributed by atoms with E-state index in [0.717, 1.165) is 31.6 Å². The Hall–Kier alpha value is -0.920. The third kappa shape index (κ3) is 2.30. The Morgan fingerprint density at radius 2 is 2.28 bits per heavy atom. The van der Waals surface area contributed by atoms with Crippen LogP contribution in [-0.2, 0) is 16.6 Å². The molecule has 1 unspecified atom stereocenters. The Labute approximate surface area is 107 Å². The molecule has 0 saturated heterocycles. The molecule has 1 aromatic heterocycles. The van der Waals surface area contributed by atoms with Crippen LogP contribution in [0.5, 0.6) is 0 Å². The van der Waals surface area contributed by atoms with Gasteiger partial charge >= 0.3 is 0 Å². The van der Waals surface area contributed by atoms with E-state index in [-0.39, 0.29) is 11.3 Å². The Bertz CT molecular complexity index is 535. The van der Waals surface area contributed by atoms with Crippen LogP contribution in [0.25, 0.3) is 0 Å². The molecule has 1 aliphatic heterocycles. The summed E-state index contributed by atoms with van der Waals surface area (Å²) in [6.07, 6.45) is 3.37. The molecule has 6 nitrogen and oxygen atoms in total. The molecular weight excluding hydrogens is 252 g/mol. The Morgan fingerprint density at radius 1 is 1.50 bits per heavy atom. The second kappa shape index (κ2) is 4.32. The van der Waals surface area contributed by atoms with Gasteiger partial charge < -0.3 is 0 Å². The summed E-state index contributed by atoms with van der Waals surface area (Å²) in [5.74, 6) is 0. The maximum atomic E-state index is 11.8. The smallest absolute Gasteiger partial charge is 0.214 e. The Morgan fingerprint density at radius 3 is 3.00 bits per heavy atom. The number of nitrogens with one attached hydrogen (secondary N) is 1. The largest absolute Gasteiger partial charge is 0.298 e. The zero-order valence-electron chi connectivity index (χ0n) is 10.4. The average molecular weight is 270 g/mol. The van der Waals surface area contributed by atoms with E-state index in [1.54, 1.807) is 6.20 Å². The molecule has 2 heterocycles. The summed E-state index contributed by atoms with van der Waals surface area (Å²) in [6.45, 7) is 2.12. The number of hydrogen-bond acceptors (Lipinski definition) is 4. The maximum absolute atomic E-state index is 11.8. The standard InChI is InChI=1S/C11H18N4O2S/c1-14-7-9-4-5-12-15(9)10(8-14)6-13-18(16,17)11-2-3-11/h4-5,10-11,13H,2-3,6-8H2,1H3. The Balaban J connectivity index is 1.70. The molecule has 2 aliphatic rings. The molecule has 1 N–H and O–H groups in total. The van der Waals surface area contributed by atoms with E-state index < -0.39 is 10.0 Å². The van der Waals surface area contributed by atoms with Gasteiger partial charge in [0.2, 0.25) is 10.0 Å². The summed E-state index contributed by atoms with van der Waals surface area (Å²) in [5.41, 5.74) is 1.14. The second-order valence-electron chi connectivity index (χ2n) is 5.21. The fourth-order valence-corrected chi connectivity index (χ4v) is 3.85. The van der Waals surface area contributed by atoms with Crippen LogP contribution in [0.15, 0.2) is 12.3 Å². The minimum atomic E-state index is -3.10. The number of nitrogens with zero attached hydrogens (tertiary/aromatic N) is 3. The van der Waals surface area contributed by atoms with Gasteiger partial charge in [-0.3, -0.25) is 9.58 Å². The fourth-order valence-electron chi connectivity index (χ4n) is 2.43. The van der Waals surface area contributed by atoms with Crippen molar-refractivity contribution in [1.82, 2.24) is 19.4 Å². The van der Waals surface area contributed by atoms with Crippen LogP contribution in [0, 0.1) is 0 Å². The molecule has 1 fully saturated rings. The van der Waals surface area contributed by atoms with Gasteiger partial charge in [0.25, 0.3) is 0 Å². The van der Waals surface area contributed by atoms with E-state index in [9.17, 15) is 8.42 Å². The van der Waals surface area contributed by atoms with Crippen LogP contribution < -0.4 is 4.72 Å². The zero-order chi connectivity index (χ0) is 12.8. The van der Waals surface area contributed by atoms with Gasteiger partial charge in [-0.05, 0) is 26.0 Å². The molecule has 1 saturated carbocycles. The molecule has 1 aliphatic carbocycles. The van der Waals surface area contributed by atoms with Gasteiger partial charge in [0.1, 0.15) is 0 Å². The van der Waals surface area contributed by atoms with Crippen molar-refractivity contribution in [1.29, 1.82) is 0 Å². The molecule has 0 spiro atoms. The number of sulfonamides is 1. The summed E-state index contributed by atoms with van der Waals surface area (Å²) in [5, 5.41) is 4.13. The van der Waals surface area contributed by atoms with Crippen molar-refractivity contribution in [2.45, 2.75) is 30.7 Å². The summed E-state index contributed by atoms with van der Waals surface area (Å²) in [6, 6.07) is 2.07. The summed E-state index contributed by atoms with van der Waals surface area (Å²) in [4.78, 5) is 2.19. The highest BCUT2D eigenvalue weighted by Gasteiger charge is 2.36. The van der Waals surface area contributed by atoms with Crippen molar-refractivity contribution < 1.29 is 8.42 Å². The van der Waals surface area contributed by atoms with Crippen LogP contribution >= 0.6 is 0 Å². The molecule has 3 rings (SSSR count). The van der Waals surface area contributed by atoms with Gasteiger partial charge in [-0.2, -0.15) is 5.10 Å². The van der Waals surface area contributed by atoms with Crippen LogP contribution in [0.4, 0.5) is 0 Å². The van der Waals surface area contributed by atoms with Crippen LogP contribution in [0.3, 0.4) is 0 Å². The molecule has 1 aromatic rings. The number of aromatic nitrogens is 2. The van der Waals surface area contributed by atoms with E-state index in [0.29, 0.717) is 6.54 Å². The topological polar surface area (TPSA) is 67.2 Å². The predicted molar refractivity (Wildman–Crippen MR) is 67.5 cm³/mol. The molecular formula is C11H18N4O2S. The normalized spacial score (nSPS) is 25.1. The van der Waals surface area contributed by atoms with Crippen molar-refractivity contribution in [3.63, 3.8) is 0 Å². The van der Waals surface area contributed by atoms with Crippen molar-refractivity contribution in [2.24, 2.45) is 0 Å². The first kappa shape index (κ1) is 12.1. The number of fused-ring (bicyclic) bond motifs is 1. The third-order valence-corrected chi connectivity index (χ3v) is 5.45. The third-order valence-electron chi connectivity index (χ3n) is 3.54. The van der Waals surface area contributed by atoms with Crippen LogP contribution in [0.2, 0.25) is 0 Å². The molecule has 0 amide bonds. The summed E-state index contributed by atoms with van der Waals surface area (Å²) >= 11 is 0. The van der Waals surface area contributed by atoms with Crippen molar-refractivity contribution in [3.05, 3.63) is 18.0 Å². The van der Waals surface area contributed by atoms with Crippen LogP contribution in [0.1, 0.15) is 24.6 Å². The van der Waals surface area contributed by atoms with Gasteiger partial charge in [0.15, 0.2) is 0 Å². The van der Waals surface area contributed by atoms with E-state index in [1.807, 2.05) is 17.8 Å². The van der Waals surface area contributed by atoms with E-state index in [4.69, 9.17) is 0 Å². The lowest BCUT2D eigenvalue weighted by Crippen LogP contribution is -2.42. The zero-order valence-corrected chi connectivity index (χ0v) is 11.2. The minimum absolute atomic E-state index is 0.0854. The highest BCUT2D eigenvalue weighted by molar-refractivity contribution is 7.90. The fraction of sp³-hybridized carbons (Fsp3) is 0.727. The van der Waals surface area contributed by atoms with Crippen molar-refractivity contribution in [2.75, 3.05) is 20.1 Å². The molecule has 1 atom stereocenters. The van der Waals surface area contributed by atoms with Gasteiger partial charge in [-0.25, -0.2) is 13.1 Å². The SMILES string of the molecule is CN1Cc2ccnn2C(CNS(=O)(=O)C2CC2)C1.